The lowest BCUT2D eigenvalue weighted by Gasteiger charge is -2.38. The second kappa shape index (κ2) is 7.01. The summed E-state index contributed by atoms with van der Waals surface area (Å²) in [7, 11) is 0. The summed E-state index contributed by atoms with van der Waals surface area (Å²) in [6, 6.07) is 19.6. The average Bonchev–Trinajstić information content (AvgIpc) is 2.67. The SMILES string of the molecule is C[C@H]1C[C@@H](C(=O)N2Cc3ccccc3C(c3ccccc3)C2)CCN1. The monoisotopic (exact) mass is 334 g/mol. The fraction of sp³-hybridized carbons (Fsp3) is 0.409. The standard InChI is InChI=1S/C22H26N2O/c1-16-13-18(11-12-23-16)22(25)24-14-19-9-5-6-10-20(19)21(15-24)17-7-3-2-4-8-17/h2-10,16,18,21,23H,11-15H2,1H3/t16-,18-,21?/m0/s1. The molecule has 2 heterocycles. The molecule has 2 aliphatic heterocycles. The first kappa shape index (κ1) is 16.3. The highest BCUT2D eigenvalue weighted by Gasteiger charge is 2.33. The molecule has 1 fully saturated rings. The van der Waals surface area contributed by atoms with Gasteiger partial charge in [-0.2, -0.15) is 0 Å². The summed E-state index contributed by atoms with van der Waals surface area (Å²) in [6.07, 6.45) is 1.91. The Morgan fingerprint density at radius 1 is 1.08 bits per heavy atom. The minimum absolute atomic E-state index is 0.165. The normalized spacial score (nSPS) is 26.1. The van der Waals surface area contributed by atoms with Crippen molar-refractivity contribution in [2.24, 2.45) is 5.92 Å². The molecular formula is C22H26N2O. The molecule has 130 valence electrons. The highest BCUT2D eigenvalue weighted by Crippen LogP contribution is 2.34. The lowest BCUT2D eigenvalue weighted by Crippen LogP contribution is -2.46. The van der Waals surface area contributed by atoms with Crippen molar-refractivity contribution in [1.29, 1.82) is 0 Å². The molecule has 4 rings (SSSR count). The molecule has 3 nitrogen and oxygen atoms in total. The number of nitrogens with one attached hydrogen (secondary N) is 1. The van der Waals surface area contributed by atoms with E-state index in [2.05, 4.69) is 71.7 Å². The molecule has 0 radical (unpaired) electrons. The van der Waals surface area contributed by atoms with Gasteiger partial charge < -0.3 is 10.2 Å². The Labute approximate surface area is 150 Å². The second-order valence-electron chi connectivity index (χ2n) is 7.46. The van der Waals surface area contributed by atoms with E-state index in [1.165, 1.54) is 16.7 Å². The van der Waals surface area contributed by atoms with Crippen LogP contribution < -0.4 is 5.32 Å². The van der Waals surface area contributed by atoms with Crippen LogP contribution in [0.25, 0.3) is 0 Å². The van der Waals surface area contributed by atoms with Crippen molar-refractivity contribution in [3.8, 4) is 0 Å². The predicted molar refractivity (Wildman–Crippen MR) is 100 cm³/mol. The van der Waals surface area contributed by atoms with Crippen molar-refractivity contribution in [3.63, 3.8) is 0 Å². The van der Waals surface area contributed by atoms with Crippen LogP contribution in [0.3, 0.4) is 0 Å². The number of carbonyl (C=O) groups is 1. The summed E-state index contributed by atoms with van der Waals surface area (Å²) in [5.74, 6) is 0.774. The lowest BCUT2D eigenvalue weighted by atomic mass is 9.83. The summed E-state index contributed by atoms with van der Waals surface area (Å²) in [6.45, 7) is 4.66. The van der Waals surface area contributed by atoms with Gasteiger partial charge in [0.1, 0.15) is 0 Å². The summed E-state index contributed by atoms with van der Waals surface area (Å²) in [5.41, 5.74) is 3.96. The Morgan fingerprint density at radius 2 is 1.84 bits per heavy atom. The summed E-state index contributed by atoms with van der Waals surface area (Å²) < 4.78 is 0. The van der Waals surface area contributed by atoms with Gasteiger partial charge in [0.05, 0.1) is 0 Å². The van der Waals surface area contributed by atoms with E-state index in [4.69, 9.17) is 0 Å². The van der Waals surface area contributed by atoms with Crippen LogP contribution in [0.4, 0.5) is 0 Å². The van der Waals surface area contributed by atoms with Crippen LogP contribution in [0.15, 0.2) is 54.6 Å². The molecule has 3 atom stereocenters. The third-order valence-corrected chi connectivity index (χ3v) is 5.68. The van der Waals surface area contributed by atoms with Crippen LogP contribution in [-0.4, -0.2) is 29.9 Å². The van der Waals surface area contributed by atoms with E-state index in [0.717, 1.165) is 32.5 Å². The van der Waals surface area contributed by atoms with E-state index in [1.807, 2.05) is 0 Å². The number of hydrogen-bond acceptors (Lipinski definition) is 2. The minimum atomic E-state index is 0.165. The molecule has 0 bridgehead atoms. The molecule has 0 aromatic heterocycles. The Balaban J connectivity index is 1.62. The van der Waals surface area contributed by atoms with Gasteiger partial charge in [0, 0.05) is 31.0 Å². The molecule has 1 unspecified atom stereocenters. The van der Waals surface area contributed by atoms with Crippen LogP contribution >= 0.6 is 0 Å². The van der Waals surface area contributed by atoms with Gasteiger partial charge in [-0.25, -0.2) is 0 Å². The number of fused-ring (bicyclic) bond motifs is 1. The van der Waals surface area contributed by atoms with Gasteiger partial charge in [0.15, 0.2) is 0 Å². The van der Waals surface area contributed by atoms with Gasteiger partial charge in [-0.1, -0.05) is 54.6 Å². The predicted octanol–water partition coefficient (Wildman–Crippen LogP) is 3.55. The molecule has 0 saturated carbocycles. The van der Waals surface area contributed by atoms with Gasteiger partial charge in [0.2, 0.25) is 5.91 Å². The van der Waals surface area contributed by atoms with Crippen molar-refractivity contribution in [2.45, 2.75) is 38.3 Å². The average molecular weight is 334 g/mol. The maximum atomic E-state index is 13.2. The van der Waals surface area contributed by atoms with Crippen LogP contribution in [-0.2, 0) is 11.3 Å². The number of nitrogens with zero attached hydrogens (tertiary/aromatic N) is 1. The number of rotatable bonds is 2. The maximum absolute atomic E-state index is 13.2. The lowest BCUT2D eigenvalue weighted by molar-refractivity contribution is -0.137. The van der Waals surface area contributed by atoms with Crippen LogP contribution in [0.2, 0.25) is 0 Å². The Bertz CT molecular complexity index is 743. The largest absolute Gasteiger partial charge is 0.337 e. The molecule has 1 saturated heterocycles. The highest BCUT2D eigenvalue weighted by atomic mass is 16.2. The zero-order chi connectivity index (χ0) is 17.2. The summed E-state index contributed by atoms with van der Waals surface area (Å²) in [5, 5.41) is 3.45. The quantitative estimate of drug-likeness (QED) is 0.911. The molecule has 25 heavy (non-hydrogen) atoms. The summed E-state index contributed by atoms with van der Waals surface area (Å²) >= 11 is 0. The first-order chi connectivity index (χ1) is 12.2. The van der Waals surface area contributed by atoms with Gasteiger partial charge in [-0.05, 0) is 43.0 Å². The molecule has 1 amide bonds. The fourth-order valence-electron chi connectivity index (χ4n) is 4.36. The molecule has 2 aliphatic rings. The minimum Gasteiger partial charge on any atom is -0.337 e. The number of benzene rings is 2. The van der Waals surface area contributed by atoms with E-state index >= 15 is 0 Å². The molecule has 3 heteroatoms. The van der Waals surface area contributed by atoms with Crippen LogP contribution in [0.1, 0.15) is 42.4 Å². The van der Waals surface area contributed by atoms with E-state index in [0.29, 0.717) is 11.9 Å². The Hall–Kier alpha value is -2.13. The number of hydrogen-bond donors (Lipinski definition) is 1. The van der Waals surface area contributed by atoms with Crippen molar-refractivity contribution >= 4 is 5.91 Å². The topological polar surface area (TPSA) is 32.3 Å². The molecular weight excluding hydrogens is 308 g/mol. The molecule has 0 aliphatic carbocycles. The van der Waals surface area contributed by atoms with E-state index < -0.39 is 0 Å². The second-order valence-corrected chi connectivity index (χ2v) is 7.46. The van der Waals surface area contributed by atoms with Crippen molar-refractivity contribution in [1.82, 2.24) is 10.2 Å². The first-order valence-electron chi connectivity index (χ1n) is 9.37. The van der Waals surface area contributed by atoms with Crippen molar-refractivity contribution in [2.75, 3.05) is 13.1 Å². The molecule has 2 aromatic rings. The van der Waals surface area contributed by atoms with Gasteiger partial charge >= 0.3 is 0 Å². The number of carbonyl (C=O) groups excluding carboxylic acids is 1. The van der Waals surface area contributed by atoms with E-state index in [-0.39, 0.29) is 11.8 Å². The van der Waals surface area contributed by atoms with Gasteiger partial charge in [0.25, 0.3) is 0 Å². The third-order valence-electron chi connectivity index (χ3n) is 5.68. The number of piperidine rings is 1. The fourth-order valence-corrected chi connectivity index (χ4v) is 4.36. The van der Waals surface area contributed by atoms with Gasteiger partial charge in [-0.3, -0.25) is 4.79 Å². The van der Waals surface area contributed by atoms with E-state index in [9.17, 15) is 4.79 Å². The molecule has 1 N–H and O–H groups in total. The molecule has 2 aromatic carbocycles. The van der Waals surface area contributed by atoms with Gasteiger partial charge in [-0.15, -0.1) is 0 Å². The third kappa shape index (κ3) is 3.34. The Kier molecular flexibility index (Phi) is 4.58. The number of amides is 1. The maximum Gasteiger partial charge on any atom is 0.226 e. The highest BCUT2D eigenvalue weighted by molar-refractivity contribution is 5.79. The van der Waals surface area contributed by atoms with Crippen LogP contribution in [0.5, 0.6) is 0 Å². The molecule has 0 spiro atoms. The van der Waals surface area contributed by atoms with Crippen molar-refractivity contribution < 1.29 is 4.79 Å². The smallest absolute Gasteiger partial charge is 0.226 e. The first-order valence-corrected chi connectivity index (χ1v) is 9.37. The van der Waals surface area contributed by atoms with E-state index in [1.54, 1.807) is 0 Å². The van der Waals surface area contributed by atoms with Crippen molar-refractivity contribution in [3.05, 3.63) is 71.3 Å². The zero-order valence-corrected chi connectivity index (χ0v) is 14.8. The summed E-state index contributed by atoms with van der Waals surface area (Å²) in [4.78, 5) is 15.3. The Morgan fingerprint density at radius 3 is 2.64 bits per heavy atom. The zero-order valence-electron chi connectivity index (χ0n) is 14.8. The van der Waals surface area contributed by atoms with Crippen LogP contribution in [0, 0.1) is 5.92 Å².